The maximum atomic E-state index is 6.20. The molecular weight excluding hydrogens is 186 g/mol. The van der Waals surface area contributed by atoms with Crippen molar-refractivity contribution in [2.75, 3.05) is 0 Å². The summed E-state index contributed by atoms with van der Waals surface area (Å²) in [6, 6.07) is 8.28. The lowest BCUT2D eigenvalue weighted by Gasteiger charge is -2.18. The van der Waals surface area contributed by atoms with Crippen molar-refractivity contribution in [1.82, 2.24) is 0 Å². The van der Waals surface area contributed by atoms with Crippen LogP contribution < -0.4 is 10.5 Å². The first kappa shape index (κ1) is 10.5. The van der Waals surface area contributed by atoms with Crippen molar-refractivity contribution in [2.45, 2.75) is 38.8 Å². The topological polar surface area (TPSA) is 35.2 Å². The molecule has 0 radical (unpaired) electrons. The van der Waals surface area contributed by atoms with Crippen LogP contribution in [0.3, 0.4) is 0 Å². The van der Waals surface area contributed by atoms with E-state index >= 15 is 0 Å². The summed E-state index contributed by atoms with van der Waals surface area (Å²) >= 11 is 0. The second-order valence-electron chi connectivity index (χ2n) is 4.57. The Bertz CT molecular complexity index is 331. The van der Waals surface area contributed by atoms with Crippen molar-refractivity contribution in [1.29, 1.82) is 0 Å². The van der Waals surface area contributed by atoms with Gasteiger partial charge in [0.2, 0.25) is 0 Å². The molecule has 2 nitrogen and oxygen atoms in total. The molecule has 0 amide bonds. The molecule has 2 N–H and O–H groups in total. The maximum Gasteiger partial charge on any atom is 0.124 e. The third kappa shape index (κ3) is 2.51. The Morgan fingerprint density at radius 3 is 2.53 bits per heavy atom. The summed E-state index contributed by atoms with van der Waals surface area (Å²) in [7, 11) is 0. The number of hydrogen-bond acceptors (Lipinski definition) is 2. The SMILES string of the molecule is CC(C)Oc1ccccc1[C@H](N)C1CC1. The summed E-state index contributed by atoms with van der Waals surface area (Å²) < 4.78 is 5.76. The van der Waals surface area contributed by atoms with E-state index in [9.17, 15) is 0 Å². The van der Waals surface area contributed by atoms with Crippen LogP contribution in [0.25, 0.3) is 0 Å². The molecule has 2 rings (SSSR count). The lowest BCUT2D eigenvalue weighted by Crippen LogP contribution is -2.15. The molecule has 1 saturated carbocycles. The minimum Gasteiger partial charge on any atom is -0.491 e. The Hall–Kier alpha value is -1.02. The molecule has 0 aromatic heterocycles. The largest absolute Gasteiger partial charge is 0.491 e. The van der Waals surface area contributed by atoms with E-state index < -0.39 is 0 Å². The molecule has 1 aliphatic carbocycles. The van der Waals surface area contributed by atoms with E-state index in [1.807, 2.05) is 32.0 Å². The van der Waals surface area contributed by atoms with Crippen LogP contribution in [0.2, 0.25) is 0 Å². The highest BCUT2D eigenvalue weighted by atomic mass is 16.5. The molecule has 1 aromatic carbocycles. The van der Waals surface area contributed by atoms with Gasteiger partial charge in [-0.05, 0) is 38.7 Å². The number of para-hydroxylation sites is 1. The van der Waals surface area contributed by atoms with Crippen molar-refractivity contribution >= 4 is 0 Å². The summed E-state index contributed by atoms with van der Waals surface area (Å²) in [5, 5.41) is 0. The van der Waals surface area contributed by atoms with Crippen LogP contribution in [-0.2, 0) is 0 Å². The normalized spacial score (nSPS) is 17.9. The maximum absolute atomic E-state index is 6.20. The van der Waals surface area contributed by atoms with E-state index in [4.69, 9.17) is 10.5 Å². The average molecular weight is 205 g/mol. The predicted molar refractivity (Wildman–Crippen MR) is 61.9 cm³/mol. The molecule has 0 aliphatic heterocycles. The average Bonchev–Trinajstić information content (AvgIpc) is 3.00. The van der Waals surface area contributed by atoms with Crippen LogP contribution in [0, 0.1) is 5.92 Å². The number of benzene rings is 1. The predicted octanol–water partition coefficient (Wildman–Crippen LogP) is 2.88. The number of hydrogen-bond donors (Lipinski definition) is 1. The van der Waals surface area contributed by atoms with E-state index in [-0.39, 0.29) is 12.1 Å². The third-order valence-corrected chi connectivity index (χ3v) is 2.77. The molecule has 82 valence electrons. The highest BCUT2D eigenvalue weighted by Gasteiger charge is 2.31. The van der Waals surface area contributed by atoms with Crippen molar-refractivity contribution in [3.63, 3.8) is 0 Å². The monoisotopic (exact) mass is 205 g/mol. The Labute approximate surface area is 91.4 Å². The van der Waals surface area contributed by atoms with Gasteiger partial charge in [0.15, 0.2) is 0 Å². The Kier molecular flexibility index (Phi) is 2.96. The molecule has 0 bridgehead atoms. The number of nitrogens with two attached hydrogens (primary N) is 1. The van der Waals surface area contributed by atoms with Gasteiger partial charge in [-0.15, -0.1) is 0 Å². The van der Waals surface area contributed by atoms with E-state index in [0.717, 1.165) is 11.3 Å². The number of ether oxygens (including phenoxy) is 1. The summed E-state index contributed by atoms with van der Waals surface area (Å²) in [5.74, 6) is 1.62. The van der Waals surface area contributed by atoms with Gasteiger partial charge in [0.05, 0.1) is 6.10 Å². The molecule has 0 unspecified atom stereocenters. The Morgan fingerprint density at radius 1 is 1.27 bits per heavy atom. The van der Waals surface area contributed by atoms with Gasteiger partial charge in [-0.1, -0.05) is 18.2 Å². The van der Waals surface area contributed by atoms with Gasteiger partial charge in [0.1, 0.15) is 5.75 Å². The van der Waals surface area contributed by atoms with Crippen molar-refractivity contribution < 1.29 is 4.74 Å². The zero-order valence-electron chi connectivity index (χ0n) is 9.44. The van der Waals surface area contributed by atoms with Gasteiger partial charge in [-0.3, -0.25) is 0 Å². The van der Waals surface area contributed by atoms with Crippen LogP contribution in [0.5, 0.6) is 5.75 Å². The van der Waals surface area contributed by atoms with Gasteiger partial charge in [0, 0.05) is 11.6 Å². The quantitative estimate of drug-likeness (QED) is 0.820. The molecule has 2 heteroatoms. The van der Waals surface area contributed by atoms with E-state index in [1.165, 1.54) is 12.8 Å². The fraction of sp³-hybridized carbons (Fsp3) is 0.538. The van der Waals surface area contributed by atoms with Crippen molar-refractivity contribution in [3.8, 4) is 5.75 Å². The smallest absolute Gasteiger partial charge is 0.124 e. The van der Waals surface area contributed by atoms with Crippen molar-refractivity contribution in [3.05, 3.63) is 29.8 Å². The summed E-state index contributed by atoms with van der Waals surface area (Å²) in [5.41, 5.74) is 7.36. The van der Waals surface area contributed by atoms with Gasteiger partial charge in [-0.25, -0.2) is 0 Å². The zero-order valence-corrected chi connectivity index (χ0v) is 9.44. The molecule has 1 atom stereocenters. The van der Waals surface area contributed by atoms with E-state index in [2.05, 4.69) is 6.07 Å². The van der Waals surface area contributed by atoms with Crippen LogP contribution in [0.4, 0.5) is 0 Å². The highest BCUT2D eigenvalue weighted by molar-refractivity contribution is 5.36. The second kappa shape index (κ2) is 4.23. The molecule has 15 heavy (non-hydrogen) atoms. The first-order valence-corrected chi connectivity index (χ1v) is 5.69. The molecule has 1 aliphatic rings. The summed E-state index contributed by atoms with van der Waals surface area (Å²) in [4.78, 5) is 0. The fourth-order valence-electron chi connectivity index (χ4n) is 1.83. The summed E-state index contributed by atoms with van der Waals surface area (Å²) in [6.45, 7) is 4.08. The molecule has 1 aromatic rings. The minimum absolute atomic E-state index is 0.153. The first-order valence-electron chi connectivity index (χ1n) is 5.69. The fourth-order valence-corrected chi connectivity index (χ4v) is 1.83. The van der Waals surface area contributed by atoms with Crippen LogP contribution in [-0.4, -0.2) is 6.10 Å². The number of rotatable bonds is 4. The zero-order chi connectivity index (χ0) is 10.8. The molecule has 0 saturated heterocycles. The molecular formula is C13H19NO. The lowest BCUT2D eigenvalue weighted by molar-refractivity contribution is 0.238. The minimum atomic E-state index is 0.153. The lowest BCUT2D eigenvalue weighted by atomic mass is 10.0. The summed E-state index contributed by atoms with van der Waals surface area (Å²) in [6.07, 6.45) is 2.73. The van der Waals surface area contributed by atoms with Crippen LogP contribution >= 0.6 is 0 Å². The molecule has 1 fully saturated rings. The van der Waals surface area contributed by atoms with Gasteiger partial charge in [0.25, 0.3) is 0 Å². The van der Waals surface area contributed by atoms with Crippen LogP contribution in [0.1, 0.15) is 38.3 Å². The van der Waals surface area contributed by atoms with E-state index in [1.54, 1.807) is 0 Å². The first-order chi connectivity index (χ1) is 7.18. The second-order valence-corrected chi connectivity index (χ2v) is 4.57. The van der Waals surface area contributed by atoms with Crippen molar-refractivity contribution in [2.24, 2.45) is 11.7 Å². The van der Waals surface area contributed by atoms with E-state index in [0.29, 0.717) is 5.92 Å². The van der Waals surface area contributed by atoms with Gasteiger partial charge in [-0.2, -0.15) is 0 Å². The molecule has 0 spiro atoms. The third-order valence-electron chi connectivity index (χ3n) is 2.77. The standard InChI is InChI=1S/C13H19NO/c1-9(2)15-12-6-4-3-5-11(12)13(14)10-7-8-10/h3-6,9-10,13H,7-8,14H2,1-2H3/t13-/m1/s1. The van der Waals surface area contributed by atoms with Gasteiger partial charge < -0.3 is 10.5 Å². The Balaban J connectivity index is 2.20. The van der Waals surface area contributed by atoms with Crippen LogP contribution in [0.15, 0.2) is 24.3 Å². The Morgan fingerprint density at radius 2 is 1.93 bits per heavy atom. The molecule has 0 heterocycles. The van der Waals surface area contributed by atoms with Gasteiger partial charge >= 0.3 is 0 Å². The highest BCUT2D eigenvalue weighted by Crippen LogP contribution is 2.42.